The van der Waals surface area contributed by atoms with Gasteiger partial charge >= 0.3 is 6.09 Å². The molecule has 5 heteroatoms. The molecular weight excluding hydrogens is 352 g/mol. The Morgan fingerprint density at radius 1 is 1.14 bits per heavy atom. The molecule has 1 aromatic carbocycles. The van der Waals surface area contributed by atoms with Gasteiger partial charge in [0.05, 0.1) is 24.4 Å². The molecule has 1 heterocycles. The van der Waals surface area contributed by atoms with Gasteiger partial charge in [-0.15, -0.1) is 0 Å². The predicted octanol–water partition coefficient (Wildman–Crippen LogP) is 4.39. The SMILES string of the molecule is COc1cnccc1C#Cc1ccc(C2(NC(=O)OC(C)(C)C)CCC2)cc1. The molecule has 0 radical (unpaired) electrons. The van der Waals surface area contributed by atoms with Crippen LogP contribution in [-0.4, -0.2) is 23.8 Å². The van der Waals surface area contributed by atoms with E-state index in [2.05, 4.69) is 22.1 Å². The highest BCUT2D eigenvalue weighted by Gasteiger charge is 2.41. The first-order valence-electron chi connectivity index (χ1n) is 9.43. The summed E-state index contributed by atoms with van der Waals surface area (Å²) in [7, 11) is 1.60. The molecule has 1 N–H and O–H groups in total. The molecule has 5 nitrogen and oxygen atoms in total. The summed E-state index contributed by atoms with van der Waals surface area (Å²) in [6.07, 6.45) is 5.87. The monoisotopic (exact) mass is 378 g/mol. The topological polar surface area (TPSA) is 60.5 Å². The van der Waals surface area contributed by atoms with E-state index in [1.807, 2.05) is 51.1 Å². The number of pyridine rings is 1. The van der Waals surface area contributed by atoms with Gasteiger partial charge in [-0.3, -0.25) is 4.98 Å². The van der Waals surface area contributed by atoms with Crippen molar-refractivity contribution < 1.29 is 14.3 Å². The van der Waals surface area contributed by atoms with E-state index in [0.29, 0.717) is 5.75 Å². The lowest BCUT2D eigenvalue weighted by molar-refractivity contribution is 0.0377. The lowest BCUT2D eigenvalue weighted by Crippen LogP contribution is -2.52. The molecule has 146 valence electrons. The van der Waals surface area contributed by atoms with Crippen LogP contribution in [0, 0.1) is 11.8 Å². The Morgan fingerprint density at radius 3 is 2.43 bits per heavy atom. The summed E-state index contributed by atoms with van der Waals surface area (Å²) < 4.78 is 10.7. The van der Waals surface area contributed by atoms with Crippen molar-refractivity contribution in [3.05, 3.63) is 59.4 Å². The van der Waals surface area contributed by atoms with Crippen molar-refractivity contribution in [3.63, 3.8) is 0 Å². The number of hydrogen-bond acceptors (Lipinski definition) is 4. The number of methoxy groups -OCH3 is 1. The largest absolute Gasteiger partial charge is 0.494 e. The highest BCUT2D eigenvalue weighted by Crippen LogP contribution is 2.41. The van der Waals surface area contributed by atoms with Gasteiger partial charge in [0.25, 0.3) is 0 Å². The number of ether oxygens (including phenoxy) is 2. The minimum Gasteiger partial charge on any atom is -0.494 e. The van der Waals surface area contributed by atoms with Gasteiger partial charge in [-0.1, -0.05) is 24.0 Å². The van der Waals surface area contributed by atoms with Crippen molar-refractivity contribution in [2.75, 3.05) is 7.11 Å². The molecule has 0 unspecified atom stereocenters. The summed E-state index contributed by atoms with van der Waals surface area (Å²) in [6, 6.07) is 9.85. The van der Waals surface area contributed by atoms with Gasteiger partial charge in [0.1, 0.15) is 5.60 Å². The van der Waals surface area contributed by atoms with Crippen molar-refractivity contribution in [2.24, 2.45) is 0 Å². The molecule has 0 bridgehead atoms. The summed E-state index contributed by atoms with van der Waals surface area (Å²) in [6.45, 7) is 5.60. The summed E-state index contributed by atoms with van der Waals surface area (Å²) in [5.74, 6) is 6.93. The Kier molecular flexibility index (Phi) is 5.60. The van der Waals surface area contributed by atoms with Gasteiger partial charge in [-0.05, 0) is 63.8 Å². The van der Waals surface area contributed by atoms with Crippen molar-refractivity contribution in [1.82, 2.24) is 10.3 Å². The minimum absolute atomic E-state index is 0.345. The number of nitrogens with zero attached hydrogens (tertiary/aromatic N) is 1. The molecule has 3 rings (SSSR count). The van der Waals surface area contributed by atoms with E-state index in [1.165, 1.54) is 0 Å². The van der Waals surface area contributed by atoms with E-state index in [-0.39, 0.29) is 11.6 Å². The number of carbonyl (C=O) groups is 1. The Bertz CT molecular complexity index is 898. The van der Waals surface area contributed by atoms with Crippen molar-refractivity contribution in [2.45, 2.75) is 51.2 Å². The summed E-state index contributed by atoms with van der Waals surface area (Å²) in [5.41, 5.74) is 1.92. The van der Waals surface area contributed by atoms with Crippen molar-refractivity contribution in [3.8, 4) is 17.6 Å². The molecule has 28 heavy (non-hydrogen) atoms. The summed E-state index contributed by atoms with van der Waals surface area (Å²) >= 11 is 0. The molecular formula is C23H26N2O3. The third-order valence-electron chi connectivity index (χ3n) is 4.73. The smallest absolute Gasteiger partial charge is 0.408 e. The van der Waals surface area contributed by atoms with Crippen LogP contribution in [-0.2, 0) is 10.3 Å². The van der Waals surface area contributed by atoms with E-state index < -0.39 is 5.60 Å². The van der Waals surface area contributed by atoms with Gasteiger partial charge in [0.2, 0.25) is 0 Å². The number of rotatable bonds is 3. The third-order valence-corrected chi connectivity index (χ3v) is 4.73. The number of carbonyl (C=O) groups excluding carboxylic acids is 1. The quantitative estimate of drug-likeness (QED) is 0.805. The zero-order valence-corrected chi connectivity index (χ0v) is 16.8. The number of nitrogens with one attached hydrogen (secondary N) is 1. The van der Waals surface area contributed by atoms with E-state index in [4.69, 9.17) is 9.47 Å². The van der Waals surface area contributed by atoms with Crippen molar-refractivity contribution in [1.29, 1.82) is 0 Å². The molecule has 0 saturated heterocycles. The van der Waals surface area contributed by atoms with Crippen LogP contribution in [0.2, 0.25) is 0 Å². The number of benzene rings is 1. The third kappa shape index (κ3) is 4.64. The number of amides is 1. The number of alkyl carbamates (subject to hydrolysis) is 1. The maximum Gasteiger partial charge on any atom is 0.408 e. The molecule has 1 aliphatic carbocycles. The zero-order chi connectivity index (χ0) is 20.2. The fourth-order valence-corrected chi connectivity index (χ4v) is 3.17. The first-order chi connectivity index (χ1) is 13.3. The van der Waals surface area contributed by atoms with Crippen LogP contribution in [0.15, 0.2) is 42.7 Å². The average Bonchev–Trinajstić information content (AvgIpc) is 2.62. The first-order valence-corrected chi connectivity index (χ1v) is 9.43. The Labute approximate surface area is 166 Å². The van der Waals surface area contributed by atoms with Crippen LogP contribution in [0.3, 0.4) is 0 Å². The van der Waals surface area contributed by atoms with Gasteiger partial charge in [-0.2, -0.15) is 0 Å². The van der Waals surface area contributed by atoms with Crippen LogP contribution in [0.4, 0.5) is 4.79 Å². The standard InChI is InChI=1S/C23H26N2O3/c1-22(2,3)28-21(26)25-23(13-5-14-23)19-10-7-17(8-11-19)6-9-18-12-15-24-16-20(18)27-4/h7-8,10-12,15-16H,5,13-14H2,1-4H3,(H,25,26). The van der Waals surface area contributed by atoms with Gasteiger partial charge < -0.3 is 14.8 Å². The van der Waals surface area contributed by atoms with Gasteiger partial charge in [-0.25, -0.2) is 4.79 Å². The normalized spacial score (nSPS) is 14.9. The number of hydrogen-bond donors (Lipinski definition) is 1. The van der Waals surface area contributed by atoms with Crippen LogP contribution in [0.1, 0.15) is 56.7 Å². The second-order valence-electron chi connectivity index (χ2n) is 7.97. The highest BCUT2D eigenvalue weighted by atomic mass is 16.6. The molecule has 1 saturated carbocycles. The first kappa shape index (κ1) is 19.8. The Hall–Kier alpha value is -3.00. The molecule has 0 aliphatic heterocycles. The molecule has 0 atom stereocenters. The van der Waals surface area contributed by atoms with Gasteiger partial charge in [0, 0.05) is 11.8 Å². The van der Waals surface area contributed by atoms with Gasteiger partial charge in [0.15, 0.2) is 5.75 Å². The van der Waals surface area contributed by atoms with Crippen molar-refractivity contribution >= 4 is 6.09 Å². The molecule has 1 fully saturated rings. The second kappa shape index (κ2) is 7.93. The lowest BCUT2D eigenvalue weighted by atomic mass is 9.72. The van der Waals surface area contributed by atoms with E-state index in [1.54, 1.807) is 19.5 Å². The molecule has 0 spiro atoms. The lowest BCUT2D eigenvalue weighted by Gasteiger charge is -2.43. The Morgan fingerprint density at radius 2 is 1.86 bits per heavy atom. The summed E-state index contributed by atoms with van der Waals surface area (Å²) in [4.78, 5) is 16.3. The molecule has 1 aromatic heterocycles. The maximum absolute atomic E-state index is 12.3. The van der Waals surface area contributed by atoms with E-state index in [9.17, 15) is 4.79 Å². The Balaban J connectivity index is 1.75. The van der Waals surface area contributed by atoms with E-state index in [0.717, 1.165) is 36.0 Å². The molecule has 1 amide bonds. The maximum atomic E-state index is 12.3. The number of aromatic nitrogens is 1. The highest BCUT2D eigenvalue weighted by molar-refractivity contribution is 5.69. The second-order valence-corrected chi connectivity index (χ2v) is 7.97. The average molecular weight is 378 g/mol. The van der Waals surface area contributed by atoms with Crippen LogP contribution < -0.4 is 10.1 Å². The fourth-order valence-electron chi connectivity index (χ4n) is 3.17. The van der Waals surface area contributed by atoms with E-state index >= 15 is 0 Å². The zero-order valence-electron chi connectivity index (χ0n) is 16.8. The minimum atomic E-state index is -0.511. The molecule has 2 aromatic rings. The van der Waals surface area contributed by atoms with Crippen LogP contribution in [0.5, 0.6) is 5.75 Å². The molecule has 1 aliphatic rings. The fraction of sp³-hybridized carbons (Fsp3) is 0.391. The summed E-state index contributed by atoms with van der Waals surface area (Å²) in [5, 5.41) is 3.07. The predicted molar refractivity (Wildman–Crippen MR) is 108 cm³/mol. The van der Waals surface area contributed by atoms with Crippen LogP contribution in [0.25, 0.3) is 0 Å². The van der Waals surface area contributed by atoms with Crippen LogP contribution >= 0.6 is 0 Å².